The van der Waals surface area contributed by atoms with Crippen molar-refractivity contribution in [3.05, 3.63) is 18.2 Å². The summed E-state index contributed by atoms with van der Waals surface area (Å²) in [5.41, 5.74) is 0.277. The molecular weight excluding hydrogens is 366 g/mol. The fourth-order valence-corrected chi connectivity index (χ4v) is 2.66. The van der Waals surface area contributed by atoms with E-state index >= 15 is 0 Å². The average Bonchev–Trinajstić information content (AvgIpc) is 2.89. The molecule has 0 aliphatic heterocycles. The van der Waals surface area contributed by atoms with Gasteiger partial charge in [0.2, 0.25) is 21.5 Å². The third kappa shape index (κ3) is 4.02. The Morgan fingerprint density at radius 3 is 2.50 bits per heavy atom. The predicted molar refractivity (Wildman–Crippen MR) is 93.3 cm³/mol. The van der Waals surface area contributed by atoms with Gasteiger partial charge < -0.3 is 23.7 Å². The first-order valence-electron chi connectivity index (χ1n) is 7.49. The molecule has 2 N–H and O–H groups in total. The number of aromatic hydroxyl groups is 1. The van der Waals surface area contributed by atoms with Crippen molar-refractivity contribution >= 4 is 21.9 Å². The molecule has 1 heterocycles. The Labute approximate surface area is 150 Å². The van der Waals surface area contributed by atoms with Crippen LogP contribution in [0.3, 0.4) is 0 Å². The van der Waals surface area contributed by atoms with Gasteiger partial charge in [0.1, 0.15) is 11.5 Å². The number of furan rings is 1. The maximum Gasteiger partial charge on any atom is 0.308 e. The molecule has 1 aromatic carbocycles. The largest absolute Gasteiger partial charge is 0.502 e. The van der Waals surface area contributed by atoms with Crippen LogP contribution in [0, 0.1) is 0 Å². The van der Waals surface area contributed by atoms with Crippen LogP contribution >= 0.6 is 0 Å². The van der Waals surface area contributed by atoms with E-state index in [-0.39, 0.29) is 17.1 Å². The maximum atomic E-state index is 11.8. The number of methoxy groups -OCH3 is 2. The molecule has 0 aliphatic rings. The second kappa shape index (κ2) is 7.56. The molecule has 0 saturated carbocycles. The molecule has 0 unspecified atom stereocenters. The second-order valence-electron chi connectivity index (χ2n) is 5.10. The van der Waals surface area contributed by atoms with Crippen LogP contribution in [0.4, 0.5) is 5.88 Å². The molecule has 0 spiro atoms. The maximum absolute atomic E-state index is 11.8. The van der Waals surface area contributed by atoms with E-state index in [9.17, 15) is 18.3 Å². The van der Waals surface area contributed by atoms with Gasteiger partial charge in [-0.05, 0) is 25.1 Å². The summed E-state index contributed by atoms with van der Waals surface area (Å²) in [4.78, 5) is 11.3. The van der Waals surface area contributed by atoms with Crippen LogP contribution in [0.25, 0.3) is 11.3 Å². The van der Waals surface area contributed by atoms with Crippen LogP contribution in [0.5, 0.6) is 23.0 Å². The summed E-state index contributed by atoms with van der Waals surface area (Å²) < 4.78 is 46.6. The zero-order valence-corrected chi connectivity index (χ0v) is 15.5. The molecule has 0 radical (unpaired) electrons. The number of carbonyl (C=O) groups is 1. The Kier molecular flexibility index (Phi) is 5.66. The van der Waals surface area contributed by atoms with E-state index in [1.807, 2.05) is 0 Å². The summed E-state index contributed by atoms with van der Waals surface area (Å²) in [7, 11) is -0.874. The van der Waals surface area contributed by atoms with E-state index in [1.165, 1.54) is 27.2 Å². The van der Waals surface area contributed by atoms with Crippen LogP contribution in [-0.2, 0) is 14.8 Å². The average molecular weight is 385 g/mol. The van der Waals surface area contributed by atoms with Crippen molar-refractivity contribution in [2.24, 2.45) is 0 Å². The number of hydrogen-bond acceptors (Lipinski definition) is 8. The van der Waals surface area contributed by atoms with Crippen molar-refractivity contribution in [1.29, 1.82) is 0 Å². The van der Waals surface area contributed by atoms with Crippen LogP contribution in [0.15, 0.2) is 22.6 Å². The molecule has 0 atom stereocenters. The highest BCUT2D eigenvalue weighted by molar-refractivity contribution is 7.92. The van der Waals surface area contributed by atoms with Gasteiger partial charge in [-0.2, -0.15) is 0 Å². The summed E-state index contributed by atoms with van der Waals surface area (Å²) in [6.07, 6.45) is 0. The standard InChI is InChI=1S/C16H19NO8S/c1-5-26(20,21)17-16-15(24-9(2)18)13(19)14(25-16)11-8-10(22-3)6-7-12(11)23-4/h6-8,17,19H,5H2,1-4H3. The molecule has 1 aromatic heterocycles. The molecule has 142 valence electrons. The van der Waals surface area contributed by atoms with Crippen LogP contribution in [0.1, 0.15) is 13.8 Å². The summed E-state index contributed by atoms with van der Waals surface area (Å²) >= 11 is 0. The number of nitrogens with one attached hydrogen (secondary N) is 1. The molecule has 0 bridgehead atoms. The minimum absolute atomic E-state index is 0.147. The lowest BCUT2D eigenvalue weighted by molar-refractivity contribution is -0.131. The Balaban J connectivity index is 2.67. The summed E-state index contributed by atoms with van der Waals surface area (Å²) in [6.45, 7) is 2.53. The topological polar surface area (TPSA) is 124 Å². The van der Waals surface area contributed by atoms with E-state index in [0.29, 0.717) is 11.5 Å². The molecule has 0 aliphatic carbocycles. The smallest absolute Gasteiger partial charge is 0.308 e. The highest BCUT2D eigenvalue weighted by atomic mass is 32.2. The number of benzene rings is 1. The number of rotatable bonds is 7. The first kappa shape index (κ1) is 19.4. The van der Waals surface area contributed by atoms with Crippen LogP contribution < -0.4 is 18.9 Å². The fraction of sp³-hybridized carbons (Fsp3) is 0.312. The van der Waals surface area contributed by atoms with Crippen molar-refractivity contribution in [2.75, 3.05) is 24.7 Å². The molecular formula is C16H19NO8S. The normalized spacial score (nSPS) is 11.1. The number of ether oxygens (including phenoxy) is 3. The third-order valence-corrected chi connectivity index (χ3v) is 4.62. The van der Waals surface area contributed by atoms with Crippen molar-refractivity contribution in [2.45, 2.75) is 13.8 Å². The minimum atomic E-state index is -3.75. The highest BCUT2D eigenvalue weighted by Crippen LogP contribution is 2.49. The number of carbonyl (C=O) groups excluding carboxylic acids is 1. The fourth-order valence-electron chi connectivity index (χ4n) is 2.10. The van der Waals surface area contributed by atoms with Gasteiger partial charge in [-0.15, -0.1) is 0 Å². The Bertz CT molecular complexity index is 917. The van der Waals surface area contributed by atoms with Gasteiger partial charge in [0.25, 0.3) is 5.88 Å². The van der Waals surface area contributed by atoms with Gasteiger partial charge in [0, 0.05) is 6.92 Å². The van der Waals surface area contributed by atoms with E-state index in [1.54, 1.807) is 12.1 Å². The molecule has 0 saturated heterocycles. The molecule has 2 aromatic rings. The first-order chi connectivity index (χ1) is 12.2. The van der Waals surface area contributed by atoms with Gasteiger partial charge in [-0.3, -0.25) is 4.79 Å². The van der Waals surface area contributed by atoms with Gasteiger partial charge in [0.15, 0.2) is 5.76 Å². The highest BCUT2D eigenvalue weighted by Gasteiger charge is 2.28. The van der Waals surface area contributed by atoms with Crippen molar-refractivity contribution in [3.8, 4) is 34.3 Å². The van der Waals surface area contributed by atoms with Crippen molar-refractivity contribution < 1.29 is 36.9 Å². The summed E-state index contributed by atoms with van der Waals surface area (Å²) in [5.74, 6) is -1.79. The van der Waals surface area contributed by atoms with E-state index in [0.717, 1.165) is 6.92 Å². The zero-order valence-electron chi connectivity index (χ0n) is 14.7. The van der Waals surface area contributed by atoms with E-state index in [4.69, 9.17) is 18.6 Å². The molecule has 26 heavy (non-hydrogen) atoms. The van der Waals surface area contributed by atoms with Gasteiger partial charge in [-0.25, -0.2) is 13.1 Å². The number of hydrogen-bond donors (Lipinski definition) is 2. The molecule has 10 heteroatoms. The number of anilines is 1. The first-order valence-corrected chi connectivity index (χ1v) is 9.14. The Morgan fingerprint density at radius 2 is 1.96 bits per heavy atom. The second-order valence-corrected chi connectivity index (χ2v) is 7.11. The third-order valence-electron chi connectivity index (χ3n) is 3.37. The lowest BCUT2D eigenvalue weighted by Crippen LogP contribution is -2.15. The number of sulfonamides is 1. The van der Waals surface area contributed by atoms with Crippen molar-refractivity contribution in [3.63, 3.8) is 0 Å². The predicted octanol–water partition coefficient (Wildman–Crippen LogP) is 2.36. The SMILES string of the molecule is CCS(=O)(=O)Nc1oc(-c2cc(OC)ccc2OC)c(O)c1OC(C)=O. The summed E-state index contributed by atoms with van der Waals surface area (Å²) in [6, 6.07) is 4.74. The van der Waals surface area contributed by atoms with Gasteiger partial charge >= 0.3 is 5.97 Å². The molecule has 9 nitrogen and oxygen atoms in total. The van der Waals surface area contributed by atoms with Crippen molar-refractivity contribution in [1.82, 2.24) is 0 Å². The van der Waals surface area contributed by atoms with Gasteiger partial charge in [-0.1, -0.05) is 0 Å². The van der Waals surface area contributed by atoms with E-state index < -0.39 is 33.4 Å². The monoisotopic (exact) mass is 385 g/mol. The van der Waals surface area contributed by atoms with E-state index in [2.05, 4.69) is 4.72 Å². The lowest BCUT2D eigenvalue weighted by atomic mass is 10.1. The molecule has 0 amide bonds. The lowest BCUT2D eigenvalue weighted by Gasteiger charge is -2.08. The molecule has 2 rings (SSSR count). The quantitative estimate of drug-likeness (QED) is 0.696. The Hall–Kier alpha value is -2.88. The summed E-state index contributed by atoms with van der Waals surface area (Å²) in [5, 5.41) is 10.5. The zero-order chi connectivity index (χ0) is 19.5. The van der Waals surface area contributed by atoms with Gasteiger partial charge in [0.05, 0.1) is 25.5 Å². The van der Waals surface area contributed by atoms with Crippen LogP contribution in [-0.4, -0.2) is 39.5 Å². The molecule has 0 fully saturated rings. The van der Waals surface area contributed by atoms with Crippen LogP contribution in [0.2, 0.25) is 0 Å². The minimum Gasteiger partial charge on any atom is -0.502 e. The Morgan fingerprint density at radius 1 is 1.27 bits per heavy atom. The number of esters is 1.